The number of carbonyl (C=O) groups is 2. The van der Waals surface area contributed by atoms with Gasteiger partial charge in [-0.15, -0.1) is 12.4 Å². The number of nitrogens with one attached hydrogen (secondary N) is 3. The average Bonchev–Trinajstić information content (AvgIpc) is 3.05. The van der Waals surface area contributed by atoms with Crippen LogP contribution in [0.4, 0.5) is 5.69 Å². The SMILES string of the molecule is CCCNC(=O)c1ccc(NC(=O)CCC2CCNC2)cc1.Cl. The predicted octanol–water partition coefficient (Wildman–Crippen LogP) is 2.58. The molecule has 5 nitrogen and oxygen atoms in total. The maximum absolute atomic E-state index is 11.9. The smallest absolute Gasteiger partial charge is 0.251 e. The lowest BCUT2D eigenvalue weighted by Crippen LogP contribution is -2.23. The van der Waals surface area contributed by atoms with Crippen LogP contribution in [-0.2, 0) is 4.79 Å². The molecular formula is C17H26ClN3O2. The zero-order valence-corrected chi connectivity index (χ0v) is 14.4. The van der Waals surface area contributed by atoms with E-state index in [-0.39, 0.29) is 24.2 Å². The topological polar surface area (TPSA) is 70.2 Å². The molecule has 0 bridgehead atoms. The van der Waals surface area contributed by atoms with Crippen molar-refractivity contribution >= 4 is 29.9 Å². The molecule has 1 fully saturated rings. The largest absolute Gasteiger partial charge is 0.352 e. The monoisotopic (exact) mass is 339 g/mol. The summed E-state index contributed by atoms with van der Waals surface area (Å²) in [7, 11) is 0. The molecule has 128 valence electrons. The van der Waals surface area contributed by atoms with Gasteiger partial charge in [0.15, 0.2) is 0 Å². The summed E-state index contributed by atoms with van der Waals surface area (Å²) in [6.45, 7) is 4.77. The lowest BCUT2D eigenvalue weighted by Gasteiger charge is -2.09. The fourth-order valence-electron chi connectivity index (χ4n) is 2.57. The minimum Gasteiger partial charge on any atom is -0.352 e. The molecule has 0 aliphatic carbocycles. The molecule has 1 saturated heterocycles. The first kappa shape index (κ1) is 19.5. The molecule has 0 radical (unpaired) electrons. The van der Waals surface area contributed by atoms with E-state index in [2.05, 4.69) is 16.0 Å². The maximum Gasteiger partial charge on any atom is 0.251 e. The first-order valence-corrected chi connectivity index (χ1v) is 8.08. The maximum atomic E-state index is 11.9. The highest BCUT2D eigenvalue weighted by atomic mass is 35.5. The summed E-state index contributed by atoms with van der Waals surface area (Å²) >= 11 is 0. The number of hydrogen-bond acceptors (Lipinski definition) is 3. The molecule has 2 amide bonds. The fraction of sp³-hybridized carbons (Fsp3) is 0.529. The third-order valence-corrected chi connectivity index (χ3v) is 3.91. The van der Waals surface area contributed by atoms with E-state index in [0.29, 0.717) is 24.4 Å². The summed E-state index contributed by atoms with van der Waals surface area (Å²) in [4.78, 5) is 23.7. The number of anilines is 1. The van der Waals surface area contributed by atoms with E-state index in [1.54, 1.807) is 24.3 Å². The highest BCUT2D eigenvalue weighted by Gasteiger charge is 2.15. The van der Waals surface area contributed by atoms with Crippen LogP contribution in [0.5, 0.6) is 0 Å². The first-order valence-electron chi connectivity index (χ1n) is 8.08. The summed E-state index contributed by atoms with van der Waals surface area (Å²) in [5.74, 6) is 0.582. The average molecular weight is 340 g/mol. The first-order chi connectivity index (χ1) is 10.7. The Bertz CT molecular complexity index is 499. The van der Waals surface area contributed by atoms with Gasteiger partial charge in [0.05, 0.1) is 0 Å². The fourth-order valence-corrected chi connectivity index (χ4v) is 2.57. The number of hydrogen-bond donors (Lipinski definition) is 3. The van der Waals surface area contributed by atoms with Crippen LogP contribution in [0.2, 0.25) is 0 Å². The van der Waals surface area contributed by atoms with Crippen molar-refractivity contribution in [2.45, 2.75) is 32.6 Å². The van der Waals surface area contributed by atoms with Gasteiger partial charge in [-0.2, -0.15) is 0 Å². The second-order valence-corrected chi connectivity index (χ2v) is 5.78. The van der Waals surface area contributed by atoms with Crippen LogP contribution in [0.25, 0.3) is 0 Å². The van der Waals surface area contributed by atoms with Crippen molar-refractivity contribution in [2.24, 2.45) is 5.92 Å². The van der Waals surface area contributed by atoms with Crippen LogP contribution in [-0.4, -0.2) is 31.4 Å². The van der Waals surface area contributed by atoms with Gasteiger partial charge in [-0.25, -0.2) is 0 Å². The van der Waals surface area contributed by atoms with E-state index in [1.807, 2.05) is 6.92 Å². The molecular weight excluding hydrogens is 314 g/mol. The summed E-state index contributed by atoms with van der Waals surface area (Å²) in [6, 6.07) is 7.02. The molecule has 0 saturated carbocycles. The number of benzene rings is 1. The van der Waals surface area contributed by atoms with Gasteiger partial charge >= 0.3 is 0 Å². The Morgan fingerprint density at radius 3 is 2.61 bits per heavy atom. The Kier molecular flexibility index (Phi) is 8.66. The molecule has 1 aliphatic heterocycles. The van der Waals surface area contributed by atoms with E-state index >= 15 is 0 Å². The lowest BCUT2D eigenvalue weighted by molar-refractivity contribution is -0.116. The highest BCUT2D eigenvalue weighted by molar-refractivity contribution is 5.95. The van der Waals surface area contributed by atoms with Crippen molar-refractivity contribution in [2.75, 3.05) is 25.0 Å². The minimum absolute atomic E-state index is 0. The van der Waals surface area contributed by atoms with Crippen molar-refractivity contribution in [1.29, 1.82) is 0 Å². The van der Waals surface area contributed by atoms with Crippen LogP contribution < -0.4 is 16.0 Å². The quantitative estimate of drug-likeness (QED) is 0.715. The van der Waals surface area contributed by atoms with Gasteiger partial charge in [0, 0.05) is 24.2 Å². The van der Waals surface area contributed by atoms with Gasteiger partial charge in [0.2, 0.25) is 5.91 Å². The Morgan fingerprint density at radius 1 is 1.26 bits per heavy atom. The zero-order valence-electron chi connectivity index (χ0n) is 13.6. The van der Waals surface area contributed by atoms with Crippen LogP contribution >= 0.6 is 12.4 Å². The molecule has 0 aromatic heterocycles. The van der Waals surface area contributed by atoms with E-state index in [9.17, 15) is 9.59 Å². The molecule has 6 heteroatoms. The van der Waals surface area contributed by atoms with Crippen LogP contribution in [0.1, 0.15) is 43.0 Å². The zero-order chi connectivity index (χ0) is 15.8. The van der Waals surface area contributed by atoms with Gasteiger partial charge in [-0.05, 0) is 62.5 Å². The molecule has 1 heterocycles. The van der Waals surface area contributed by atoms with Crippen molar-refractivity contribution in [3.8, 4) is 0 Å². The van der Waals surface area contributed by atoms with Crippen LogP contribution in [0, 0.1) is 5.92 Å². The second kappa shape index (κ2) is 10.2. The van der Waals surface area contributed by atoms with Crippen molar-refractivity contribution < 1.29 is 9.59 Å². The third kappa shape index (κ3) is 6.59. The summed E-state index contributed by atoms with van der Waals surface area (Å²) < 4.78 is 0. The van der Waals surface area contributed by atoms with Crippen molar-refractivity contribution in [3.05, 3.63) is 29.8 Å². The molecule has 0 spiro atoms. The predicted molar refractivity (Wildman–Crippen MR) is 95.2 cm³/mol. The van der Waals surface area contributed by atoms with Gasteiger partial charge in [0.1, 0.15) is 0 Å². The number of rotatable bonds is 7. The van der Waals surface area contributed by atoms with Gasteiger partial charge in [-0.3, -0.25) is 9.59 Å². The van der Waals surface area contributed by atoms with E-state index in [4.69, 9.17) is 0 Å². The molecule has 3 N–H and O–H groups in total. The molecule has 1 unspecified atom stereocenters. The van der Waals surface area contributed by atoms with Crippen molar-refractivity contribution in [3.63, 3.8) is 0 Å². The molecule has 1 aromatic carbocycles. The van der Waals surface area contributed by atoms with E-state index in [1.165, 1.54) is 0 Å². The summed E-state index contributed by atoms with van der Waals surface area (Å²) in [6.07, 6.45) is 3.55. The second-order valence-electron chi connectivity index (χ2n) is 5.78. The number of carbonyl (C=O) groups excluding carboxylic acids is 2. The van der Waals surface area contributed by atoms with Gasteiger partial charge < -0.3 is 16.0 Å². The Morgan fingerprint density at radius 2 is 2.00 bits per heavy atom. The molecule has 1 aliphatic rings. The lowest BCUT2D eigenvalue weighted by atomic mass is 10.0. The third-order valence-electron chi connectivity index (χ3n) is 3.91. The minimum atomic E-state index is -0.0755. The standard InChI is InChI=1S/C17H25N3O2.ClH/c1-2-10-19-17(22)14-4-6-15(7-5-14)20-16(21)8-3-13-9-11-18-12-13;/h4-7,13,18H,2-3,8-12H2,1H3,(H,19,22)(H,20,21);1H. The Labute approximate surface area is 144 Å². The molecule has 1 aromatic rings. The van der Waals surface area contributed by atoms with Crippen LogP contribution in [0.3, 0.4) is 0 Å². The van der Waals surface area contributed by atoms with Gasteiger partial charge in [0.25, 0.3) is 5.91 Å². The number of amides is 2. The molecule has 1 atom stereocenters. The van der Waals surface area contributed by atoms with E-state index < -0.39 is 0 Å². The summed E-state index contributed by atoms with van der Waals surface area (Å²) in [5.41, 5.74) is 1.35. The Balaban J connectivity index is 0.00000264. The molecule has 23 heavy (non-hydrogen) atoms. The molecule has 2 rings (SSSR count). The van der Waals surface area contributed by atoms with Crippen molar-refractivity contribution in [1.82, 2.24) is 10.6 Å². The van der Waals surface area contributed by atoms with E-state index in [0.717, 1.165) is 38.0 Å². The Hall–Kier alpha value is -1.59. The normalized spacial score (nSPS) is 16.5. The van der Waals surface area contributed by atoms with Gasteiger partial charge in [-0.1, -0.05) is 6.92 Å². The van der Waals surface area contributed by atoms with Crippen LogP contribution in [0.15, 0.2) is 24.3 Å². The number of halogens is 1. The highest BCUT2D eigenvalue weighted by Crippen LogP contribution is 2.15. The summed E-state index contributed by atoms with van der Waals surface area (Å²) in [5, 5.41) is 9.02.